The van der Waals surface area contributed by atoms with E-state index in [1.807, 2.05) is 0 Å². The third-order valence-electron chi connectivity index (χ3n) is 3.26. The summed E-state index contributed by atoms with van der Waals surface area (Å²) in [7, 11) is -4.32. The Morgan fingerprint density at radius 2 is 1.92 bits per heavy atom. The zero-order chi connectivity index (χ0) is 17.9. The van der Waals surface area contributed by atoms with Crippen LogP contribution >= 0.6 is 15.9 Å². The maximum absolute atomic E-state index is 13.0. The molecule has 2 aromatic heterocycles. The highest BCUT2D eigenvalue weighted by molar-refractivity contribution is 9.10. The van der Waals surface area contributed by atoms with E-state index in [1.54, 1.807) is 0 Å². The van der Waals surface area contributed by atoms with Crippen LogP contribution in [0.1, 0.15) is 17.0 Å². The van der Waals surface area contributed by atoms with E-state index in [0.717, 1.165) is 6.07 Å². The molecule has 128 valence electrons. The standard InChI is InChI=1S/C12H8BrF3N4O3S/c1-5-11(6(2)23-18-5)24(21,22)20-9-4-7(12(14,15)16)3-8(13)10(9)17-19-20/h3-4H,1-2H3. The van der Waals surface area contributed by atoms with Crippen molar-refractivity contribution in [3.63, 3.8) is 0 Å². The van der Waals surface area contributed by atoms with Crippen LogP contribution in [0.5, 0.6) is 0 Å². The number of aryl methyl sites for hydroxylation is 2. The summed E-state index contributed by atoms with van der Waals surface area (Å²) in [5.74, 6) is 0.00203. The number of fused-ring (bicyclic) bond motifs is 1. The Morgan fingerprint density at radius 3 is 2.46 bits per heavy atom. The number of aromatic nitrogens is 4. The fourth-order valence-corrected chi connectivity index (χ4v) is 4.28. The Labute approximate surface area is 141 Å². The SMILES string of the molecule is Cc1noc(C)c1S(=O)(=O)n1nnc2c(Br)cc(C(F)(F)F)cc21. The Balaban J connectivity index is 2.34. The molecule has 1 aromatic carbocycles. The predicted octanol–water partition coefficient (Wildman–Crippen LogP) is 3.05. The highest BCUT2D eigenvalue weighted by Crippen LogP contribution is 2.35. The van der Waals surface area contributed by atoms with Gasteiger partial charge in [0.05, 0.1) is 5.56 Å². The van der Waals surface area contributed by atoms with Gasteiger partial charge in [-0.05, 0) is 41.9 Å². The first-order valence-electron chi connectivity index (χ1n) is 6.34. The molecule has 0 radical (unpaired) electrons. The number of hydrogen-bond acceptors (Lipinski definition) is 6. The molecule has 0 aliphatic heterocycles. The maximum atomic E-state index is 13.0. The summed E-state index contributed by atoms with van der Waals surface area (Å²) in [5, 5.41) is 10.7. The molecule has 12 heteroatoms. The van der Waals surface area contributed by atoms with E-state index in [2.05, 4.69) is 31.4 Å². The molecule has 0 fully saturated rings. The molecular weight excluding hydrogens is 417 g/mol. The van der Waals surface area contributed by atoms with Gasteiger partial charge in [0.15, 0.2) is 10.7 Å². The van der Waals surface area contributed by atoms with Gasteiger partial charge in [0, 0.05) is 4.47 Å². The number of halogens is 4. The molecule has 0 aliphatic rings. The highest BCUT2D eigenvalue weighted by atomic mass is 79.9. The van der Waals surface area contributed by atoms with Crippen molar-refractivity contribution >= 4 is 37.0 Å². The fraction of sp³-hybridized carbons (Fsp3) is 0.250. The first kappa shape index (κ1) is 16.9. The van der Waals surface area contributed by atoms with Gasteiger partial charge >= 0.3 is 6.18 Å². The third-order valence-corrected chi connectivity index (χ3v) is 5.68. The minimum Gasteiger partial charge on any atom is -0.360 e. The summed E-state index contributed by atoms with van der Waals surface area (Å²) in [6, 6.07) is 1.49. The first-order chi connectivity index (χ1) is 11.0. The van der Waals surface area contributed by atoms with Crippen LogP contribution in [-0.2, 0) is 16.2 Å². The molecule has 0 bridgehead atoms. The Kier molecular flexibility index (Phi) is 3.71. The monoisotopic (exact) mass is 424 g/mol. The topological polar surface area (TPSA) is 90.9 Å². The number of nitrogens with zero attached hydrogens (tertiary/aromatic N) is 4. The van der Waals surface area contributed by atoms with Crippen molar-refractivity contribution in [3.05, 3.63) is 33.6 Å². The van der Waals surface area contributed by atoms with Gasteiger partial charge in [-0.25, -0.2) is 0 Å². The van der Waals surface area contributed by atoms with Crippen LogP contribution in [0.3, 0.4) is 0 Å². The normalized spacial score (nSPS) is 12.9. The van der Waals surface area contributed by atoms with Crippen molar-refractivity contribution in [2.24, 2.45) is 0 Å². The molecule has 3 aromatic rings. The van der Waals surface area contributed by atoms with E-state index in [9.17, 15) is 21.6 Å². The molecule has 0 amide bonds. The zero-order valence-electron chi connectivity index (χ0n) is 12.1. The minimum atomic E-state index is -4.65. The summed E-state index contributed by atoms with van der Waals surface area (Å²) in [5.41, 5.74) is -1.28. The van der Waals surface area contributed by atoms with Gasteiger partial charge in [0.2, 0.25) is 0 Å². The first-order valence-corrected chi connectivity index (χ1v) is 8.57. The molecule has 0 atom stereocenters. The lowest BCUT2D eigenvalue weighted by atomic mass is 10.2. The van der Waals surface area contributed by atoms with Crippen LogP contribution in [0.25, 0.3) is 11.0 Å². The van der Waals surface area contributed by atoms with Crippen molar-refractivity contribution in [2.45, 2.75) is 24.9 Å². The number of alkyl halides is 3. The van der Waals surface area contributed by atoms with Gasteiger partial charge in [-0.2, -0.15) is 21.6 Å². The van der Waals surface area contributed by atoms with E-state index in [0.29, 0.717) is 10.2 Å². The number of benzene rings is 1. The smallest absolute Gasteiger partial charge is 0.360 e. The average Bonchev–Trinajstić information content (AvgIpc) is 3.02. The highest BCUT2D eigenvalue weighted by Gasteiger charge is 2.34. The lowest BCUT2D eigenvalue weighted by molar-refractivity contribution is -0.137. The third kappa shape index (κ3) is 2.49. The van der Waals surface area contributed by atoms with Crippen LogP contribution in [0.4, 0.5) is 13.2 Å². The van der Waals surface area contributed by atoms with Gasteiger partial charge in [0.1, 0.15) is 16.7 Å². The second-order valence-corrected chi connectivity index (χ2v) is 7.47. The van der Waals surface area contributed by atoms with Crippen molar-refractivity contribution < 1.29 is 26.1 Å². The molecule has 0 saturated carbocycles. The summed E-state index contributed by atoms with van der Waals surface area (Å²) >= 11 is 2.96. The fourth-order valence-electron chi connectivity index (χ4n) is 2.23. The van der Waals surface area contributed by atoms with E-state index in [-0.39, 0.29) is 31.9 Å². The molecule has 24 heavy (non-hydrogen) atoms. The summed E-state index contributed by atoms with van der Waals surface area (Å²) < 4.78 is 69.7. The molecule has 2 heterocycles. The van der Waals surface area contributed by atoms with Crippen LogP contribution in [0.2, 0.25) is 0 Å². The Morgan fingerprint density at radius 1 is 1.25 bits per heavy atom. The second kappa shape index (κ2) is 5.28. The lowest BCUT2D eigenvalue weighted by Gasteiger charge is -2.08. The lowest BCUT2D eigenvalue weighted by Crippen LogP contribution is -2.16. The minimum absolute atomic E-state index is 0.00203. The summed E-state index contributed by atoms with van der Waals surface area (Å²) in [6.45, 7) is 2.78. The van der Waals surface area contributed by atoms with Crippen molar-refractivity contribution in [1.82, 2.24) is 19.6 Å². The Bertz CT molecular complexity index is 1040. The number of rotatable bonds is 2. The second-order valence-electron chi connectivity index (χ2n) is 4.91. The van der Waals surface area contributed by atoms with E-state index in [4.69, 9.17) is 4.52 Å². The quantitative estimate of drug-likeness (QED) is 0.627. The molecule has 0 unspecified atom stereocenters. The van der Waals surface area contributed by atoms with Crippen LogP contribution in [0, 0.1) is 13.8 Å². The molecular formula is C12H8BrF3N4O3S. The van der Waals surface area contributed by atoms with Gasteiger partial charge in [-0.15, -0.1) is 9.19 Å². The Hall–Kier alpha value is -1.95. The zero-order valence-corrected chi connectivity index (χ0v) is 14.5. The molecule has 0 spiro atoms. The number of hydrogen-bond donors (Lipinski definition) is 0. The summed E-state index contributed by atoms with van der Waals surface area (Å²) in [6.07, 6.45) is -4.65. The largest absolute Gasteiger partial charge is 0.416 e. The van der Waals surface area contributed by atoms with E-state index in [1.165, 1.54) is 13.8 Å². The van der Waals surface area contributed by atoms with E-state index >= 15 is 0 Å². The molecule has 0 saturated heterocycles. The van der Waals surface area contributed by atoms with Gasteiger partial charge in [-0.3, -0.25) is 0 Å². The van der Waals surface area contributed by atoms with Gasteiger partial charge in [-0.1, -0.05) is 10.4 Å². The van der Waals surface area contributed by atoms with Crippen LogP contribution in [-0.4, -0.2) is 28.0 Å². The van der Waals surface area contributed by atoms with E-state index < -0.39 is 21.8 Å². The maximum Gasteiger partial charge on any atom is 0.416 e. The van der Waals surface area contributed by atoms with Crippen LogP contribution < -0.4 is 0 Å². The van der Waals surface area contributed by atoms with Gasteiger partial charge < -0.3 is 4.52 Å². The molecule has 0 aliphatic carbocycles. The molecule has 7 nitrogen and oxygen atoms in total. The van der Waals surface area contributed by atoms with Crippen LogP contribution in [0.15, 0.2) is 26.0 Å². The van der Waals surface area contributed by atoms with Crippen molar-refractivity contribution in [1.29, 1.82) is 0 Å². The molecule has 0 N–H and O–H groups in total. The van der Waals surface area contributed by atoms with Crippen molar-refractivity contribution in [3.8, 4) is 0 Å². The average molecular weight is 425 g/mol. The van der Waals surface area contributed by atoms with Gasteiger partial charge in [0.25, 0.3) is 10.0 Å². The molecule has 3 rings (SSSR count). The summed E-state index contributed by atoms with van der Waals surface area (Å²) in [4.78, 5) is -0.261. The predicted molar refractivity (Wildman–Crippen MR) is 78.8 cm³/mol. The van der Waals surface area contributed by atoms with Crippen molar-refractivity contribution in [2.75, 3.05) is 0 Å².